The number of nitrogens with zero attached hydrogens (tertiary/aromatic N) is 1. The molecule has 1 fully saturated rings. The first-order valence-electron chi connectivity index (χ1n) is 7.59. The zero-order valence-electron chi connectivity index (χ0n) is 12.3. The molecule has 1 rings (SSSR count). The van der Waals surface area contributed by atoms with E-state index in [1.165, 1.54) is 6.42 Å². The zero-order valence-corrected chi connectivity index (χ0v) is 12.3. The molecule has 2 N–H and O–H groups in total. The lowest BCUT2D eigenvalue weighted by atomic mass is 9.74. The maximum atomic E-state index is 10.2. The van der Waals surface area contributed by atoms with E-state index in [-0.39, 0.29) is 12.7 Å². The third kappa shape index (κ3) is 4.87. The van der Waals surface area contributed by atoms with Gasteiger partial charge in [-0.15, -0.1) is 0 Å². The van der Waals surface area contributed by atoms with Crippen molar-refractivity contribution in [2.75, 3.05) is 26.2 Å². The van der Waals surface area contributed by atoms with Gasteiger partial charge in [-0.05, 0) is 50.0 Å². The number of hydrogen-bond acceptors (Lipinski definition) is 3. The Hall–Kier alpha value is -0.120. The molecule has 3 unspecified atom stereocenters. The standard InChI is InChI=1S/C15H31NO2/c1-4-16(8-5-9-17)11-14-10-13(12(2)3)6-7-15(14)18/h12-15,17-18H,4-11H2,1-3H3. The highest BCUT2D eigenvalue weighted by Gasteiger charge is 2.31. The van der Waals surface area contributed by atoms with E-state index in [0.717, 1.165) is 50.7 Å². The molecule has 3 nitrogen and oxygen atoms in total. The Morgan fingerprint density at radius 2 is 2.00 bits per heavy atom. The lowest BCUT2D eigenvalue weighted by Gasteiger charge is -2.37. The molecule has 0 bridgehead atoms. The van der Waals surface area contributed by atoms with Crippen molar-refractivity contribution in [3.63, 3.8) is 0 Å². The Kier molecular flexibility index (Phi) is 7.20. The van der Waals surface area contributed by atoms with Gasteiger partial charge in [0, 0.05) is 19.7 Å². The highest BCUT2D eigenvalue weighted by atomic mass is 16.3. The van der Waals surface area contributed by atoms with Crippen molar-refractivity contribution >= 4 is 0 Å². The summed E-state index contributed by atoms with van der Waals surface area (Å²) in [5, 5.41) is 19.1. The van der Waals surface area contributed by atoms with E-state index in [1.807, 2.05) is 0 Å². The van der Waals surface area contributed by atoms with Crippen LogP contribution in [0.15, 0.2) is 0 Å². The van der Waals surface area contributed by atoms with Crippen LogP contribution in [0.2, 0.25) is 0 Å². The molecular weight excluding hydrogens is 226 g/mol. The van der Waals surface area contributed by atoms with Gasteiger partial charge in [0.15, 0.2) is 0 Å². The lowest BCUT2D eigenvalue weighted by molar-refractivity contribution is 0.0186. The maximum Gasteiger partial charge on any atom is 0.0580 e. The molecule has 18 heavy (non-hydrogen) atoms. The first kappa shape index (κ1) is 15.9. The quantitative estimate of drug-likeness (QED) is 0.734. The molecule has 0 aromatic heterocycles. The minimum absolute atomic E-state index is 0.122. The smallest absolute Gasteiger partial charge is 0.0580 e. The molecule has 0 radical (unpaired) electrons. The monoisotopic (exact) mass is 257 g/mol. The second kappa shape index (κ2) is 8.13. The van der Waals surface area contributed by atoms with Crippen LogP contribution in [-0.4, -0.2) is 47.5 Å². The molecule has 0 aliphatic heterocycles. The topological polar surface area (TPSA) is 43.7 Å². The summed E-state index contributed by atoms with van der Waals surface area (Å²) in [6.45, 7) is 9.95. The summed E-state index contributed by atoms with van der Waals surface area (Å²) in [6, 6.07) is 0. The summed E-state index contributed by atoms with van der Waals surface area (Å²) in [4.78, 5) is 2.37. The minimum Gasteiger partial charge on any atom is -0.396 e. The van der Waals surface area contributed by atoms with E-state index in [2.05, 4.69) is 25.7 Å². The number of hydrogen-bond donors (Lipinski definition) is 2. The van der Waals surface area contributed by atoms with Crippen LogP contribution in [0.4, 0.5) is 0 Å². The SMILES string of the molecule is CCN(CCCO)CC1CC(C(C)C)CCC1O. The summed E-state index contributed by atoms with van der Waals surface area (Å²) in [5.74, 6) is 1.92. The van der Waals surface area contributed by atoms with Gasteiger partial charge >= 0.3 is 0 Å². The van der Waals surface area contributed by atoms with E-state index in [9.17, 15) is 5.11 Å². The van der Waals surface area contributed by atoms with Crippen LogP contribution in [0.25, 0.3) is 0 Å². The fourth-order valence-corrected chi connectivity index (χ4v) is 3.09. The number of aliphatic hydroxyl groups excluding tert-OH is 2. The molecule has 0 amide bonds. The highest BCUT2D eigenvalue weighted by Crippen LogP contribution is 2.34. The number of rotatable bonds is 7. The third-order valence-electron chi connectivity index (χ3n) is 4.50. The summed E-state index contributed by atoms with van der Waals surface area (Å²) in [6.07, 6.45) is 4.02. The van der Waals surface area contributed by atoms with Crippen molar-refractivity contribution in [3.05, 3.63) is 0 Å². The van der Waals surface area contributed by atoms with Gasteiger partial charge in [0.25, 0.3) is 0 Å². The predicted molar refractivity (Wildman–Crippen MR) is 75.5 cm³/mol. The Morgan fingerprint density at radius 3 is 2.56 bits per heavy atom. The van der Waals surface area contributed by atoms with Gasteiger partial charge in [0.1, 0.15) is 0 Å². The first-order valence-corrected chi connectivity index (χ1v) is 7.59. The van der Waals surface area contributed by atoms with Crippen molar-refractivity contribution < 1.29 is 10.2 Å². The summed E-state index contributed by atoms with van der Waals surface area (Å²) >= 11 is 0. The molecule has 0 heterocycles. The van der Waals surface area contributed by atoms with Crippen molar-refractivity contribution in [3.8, 4) is 0 Å². The van der Waals surface area contributed by atoms with Crippen LogP contribution in [0, 0.1) is 17.8 Å². The van der Waals surface area contributed by atoms with Gasteiger partial charge in [-0.3, -0.25) is 0 Å². The zero-order chi connectivity index (χ0) is 13.5. The van der Waals surface area contributed by atoms with E-state index in [1.54, 1.807) is 0 Å². The molecule has 1 saturated carbocycles. The molecule has 3 atom stereocenters. The average Bonchev–Trinajstić information content (AvgIpc) is 2.36. The fraction of sp³-hybridized carbons (Fsp3) is 1.00. The second-order valence-corrected chi connectivity index (χ2v) is 6.11. The van der Waals surface area contributed by atoms with Gasteiger partial charge in [0.05, 0.1) is 6.10 Å². The summed E-state index contributed by atoms with van der Waals surface area (Å²) in [5.41, 5.74) is 0. The Morgan fingerprint density at radius 1 is 1.28 bits per heavy atom. The summed E-state index contributed by atoms with van der Waals surface area (Å²) < 4.78 is 0. The van der Waals surface area contributed by atoms with Crippen molar-refractivity contribution in [2.45, 2.75) is 52.6 Å². The normalized spacial score (nSPS) is 29.2. The average molecular weight is 257 g/mol. The molecule has 1 aliphatic carbocycles. The molecule has 0 spiro atoms. The van der Waals surface area contributed by atoms with Crippen LogP contribution in [0.5, 0.6) is 0 Å². The lowest BCUT2D eigenvalue weighted by Crippen LogP contribution is -2.40. The molecule has 1 aliphatic rings. The van der Waals surface area contributed by atoms with E-state index >= 15 is 0 Å². The first-order chi connectivity index (χ1) is 8.58. The molecule has 0 saturated heterocycles. The van der Waals surface area contributed by atoms with Crippen LogP contribution in [0.1, 0.15) is 46.5 Å². The van der Waals surface area contributed by atoms with E-state index in [4.69, 9.17) is 5.11 Å². The van der Waals surface area contributed by atoms with Crippen LogP contribution in [0.3, 0.4) is 0 Å². The van der Waals surface area contributed by atoms with Crippen LogP contribution < -0.4 is 0 Å². The van der Waals surface area contributed by atoms with Crippen molar-refractivity contribution in [1.82, 2.24) is 4.90 Å². The van der Waals surface area contributed by atoms with Gasteiger partial charge in [-0.2, -0.15) is 0 Å². The van der Waals surface area contributed by atoms with Gasteiger partial charge in [-0.1, -0.05) is 20.8 Å². The Bertz CT molecular complexity index is 221. The van der Waals surface area contributed by atoms with Gasteiger partial charge < -0.3 is 15.1 Å². The fourth-order valence-electron chi connectivity index (χ4n) is 3.09. The van der Waals surface area contributed by atoms with Crippen LogP contribution in [-0.2, 0) is 0 Å². The van der Waals surface area contributed by atoms with Gasteiger partial charge in [-0.25, -0.2) is 0 Å². The summed E-state index contributed by atoms with van der Waals surface area (Å²) in [7, 11) is 0. The van der Waals surface area contributed by atoms with Crippen molar-refractivity contribution in [2.24, 2.45) is 17.8 Å². The molecule has 0 aromatic rings. The van der Waals surface area contributed by atoms with E-state index < -0.39 is 0 Å². The predicted octanol–water partition coefficient (Wildman–Crippen LogP) is 2.12. The van der Waals surface area contributed by atoms with Crippen molar-refractivity contribution in [1.29, 1.82) is 0 Å². The van der Waals surface area contributed by atoms with Gasteiger partial charge in [0.2, 0.25) is 0 Å². The Labute approximate surface area is 112 Å². The highest BCUT2D eigenvalue weighted by molar-refractivity contribution is 4.83. The molecular formula is C15H31NO2. The Balaban J connectivity index is 2.46. The largest absolute Gasteiger partial charge is 0.396 e. The molecule has 0 aromatic carbocycles. The second-order valence-electron chi connectivity index (χ2n) is 6.11. The molecule has 3 heteroatoms. The van der Waals surface area contributed by atoms with E-state index in [0.29, 0.717) is 5.92 Å². The third-order valence-corrected chi connectivity index (χ3v) is 4.50. The number of aliphatic hydroxyl groups is 2. The minimum atomic E-state index is -0.122. The maximum absolute atomic E-state index is 10.2. The molecule has 108 valence electrons. The van der Waals surface area contributed by atoms with Crippen LogP contribution >= 0.6 is 0 Å².